The summed E-state index contributed by atoms with van der Waals surface area (Å²) in [5, 5.41) is 6.55. The van der Waals surface area contributed by atoms with Gasteiger partial charge in [0.25, 0.3) is 0 Å². The molecule has 2 aromatic rings. The molecule has 0 radical (unpaired) electrons. The lowest BCUT2D eigenvalue weighted by atomic mass is 10.1. The fourth-order valence-corrected chi connectivity index (χ4v) is 2.15. The van der Waals surface area contributed by atoms with Crippen LogP contribution in [0.1, 0.15) is 17.7 Å². The average molecular weight is 317 g/mol. The van der Waals surface area contributed by atoms with E-state index in [-0.39, 0.29) is 6.67 Å². The van der Waals surface area contributed by atoms with Crippen LogP contribution in [0.3, 0.4) is 0 Å². The van der Waals surface area contributed by atoms with Crippen LogP contribution in [0.15, 0.2) is 58.1 Å². The van der Waals surface area contributed by atoms with Crippen LogP contribution < -0.4 is 10.6 Å². The molecule has 0 saturated heterocycles. The van der Waals surface area contributed by atoms with Gasteiger partial charge < -0.3 is 15.1 Å². The van der Waals surface area contributed by atoms with Crippen molar-refractivity contribution in [3.05, 3.63) is 60.1 Å². The minimum atomic E-state index is -0.340. The van der Waals surface area contributed by atoms with Gasteiger partial charge in [-0.15, -0.1) is 0 Å². The summed E-state index contributed by atoms with van der Waals surface area (Å²) >= 11 is 0. The van der Waals surface area contributed by atoms with Crippen LogP contribution in [0, 0.1) is 0 Å². The Kier molecular flexibility index (Phi) is 7.74. The lowest BCUT2D eigenvalue weighted by Crippen LogP contribution is -2.39. The standard InChI is InChI=1S/C18H24FN3O/c19-11-5-12-20-18(22-14-10-17-8-4-15-23-17)21-13-9-16-6-2-1-3-7-16/h1-4,6-8,15H,5,9-14H2,(H2,20,21,22). The zero-order valence-electron chi connectivity index (χ0n) is 13.3. The van der Waals surface area contributed by atoms with Crippen molar-refractivity contribution in [1.29, 1.82) is 0 Å². The van der Waals surface area contributed by atoms with Crippen LogP contribution in [0.2, 0.25) is 0 Å². The van der Waals surface area contributed by atoms with Crippen molar-refractivity contribution in [2.24, 2.45) is 4.99 Å². The number of nitrogens with one attached hydrogen (secondary N) is 2. The molecule has 5 heteroatoms. The number of hydrogen-bond donors (Lipinski definition) is 2. The highest BCUT2D eigenvalue weighted by Gasteiger charge is 2.00. The Morgan fingerprint density at radius 2 is 1.78 bits per heavy atom. The monoisotopic (exact) mass is 317 g/mol. The number of halogens is 1. The first kappa shape index (κ1) is 17.1. The highest BCUT2D eigenvalue weighted by atomic mass is 19.1. The van der Waals surface area contributed by atoms with Crippen molar-refractivity contribution >= 4 is 5.96 Å². The van der Waals surface area contributed by atoms with Gasteiger partial charge in [-0.1, -0.05) is 30.3 Å². The Labute approximate surface area is 136 Å². The third kappa shape index (κ3) is 7.00. The van der Waals surface area contributed by atoms with Gasteiger partial charge in [0.15, 0.2) is 5.96 Å². The molecule has 1 heterocycles. The molecular formula is C18H24FN3O. The van der Waals surface area contributed by atoms with Crippen molar-refractivity contribution in [2.45, 2.75) is 19.3 Å². The highest BCUT2D eigenvalue weighted by molar-refractivity contribution is 5.79. The minimum Gasteiger partial charge on any atom is -0.469 e. The van der Waals surface area contributed by atoms with Crippen LogP contribution in [0.4, 0.5) is 4.39 Å². The van der Waals surface area contributed by atoms with Gasteiger partial charge >= 0.3 is 0 Å². The summed E-state index contributed by atoms with van der Waals surface area (Å²) in [5.74, 6) is 1.66. The van der Waals surface area contributed by atoms with E-state index in [4.69, 9.17) is 4.42 Å². The normalized spacial score (nSPS) is 11.4. The van der Waals surface area contributed by atoms with Gasteiger partial charge in [-0.3, -0.25) is 9.38 Å². The Morgan fingerprint density at radius 1 is 1.00 bits per heavy atom. The molecule has 23 heavy (non-hydrogen) atoms. The zero-order chi connectivity index (χ0) is 16.2. The van der Waals surface area contributed by atoms with Crippen molar-refractivity contribution in [1.82, 2.24) is 10.6 Å². The van der Waals surface area contributed by atoms with Gasteiger partial charge in [-0.25, -0.2) is 0 Å². The highest BCUT2D eigenvalue weighted by Crippen LogP contribution is 2.00. The fourth-order valence-electron chi connectivity index (χ4n) is 2.15. The van der Waals surface area contributed by atoms with E-state index >= 15 is 0 Å². The number of aliphatic imine (C=N–C) groups is 1. The smallest absolute Gasteiger partial charge is 0.191 e. The van der Waals surface area contributed by atoms with Gasteiger partial charge in [0, 0.05) is 26.1 Å². The van der Waals surface area contributed by atoms with Crippen molar-refractivity contribution in [2.75, 3.05) is 26.3 Å². The number of benzene rings is 1. The molecule has 0 unspecified atom stereocenters. The first-order chi connectivity index (χ1) is 11.4. The molecular weight excluding hydrogens is 293 g/mol. The number of furan rings is 1. The second-order valence-corrected chi connectivity index (χ2v) is 5.19. The summed E-state index contributed by atoms with van der Waals surface area (Å²) in [7, 11) is 0. The van der Waals surface area contributed by atoms with E-state index in [9.17, 15) is 4.39 Å². The number of rotatable bonds is 9. The van der Waals surface area contributed by atoms with Crippen molar-refractivity contribution < 1.29 is 8.81 Å². The molecule has 0 atom stereocenters. The van der Waals surface area contributed by atoms with Crippen molar-refractivity contribution in [3.63, 3.8) is 0 Å². The third-order valence-corrected chi connectivity index (χ3v) is 3.35. The Bertz CT molecular complexity index is 555. The molecule has 0 fully saturated rings. The quantitative estimate of drug-likeness (QED) is 0.425. The molecule has 2 N–H and O–H groups in total. The van der Waals surface area contributed by atoms with Gasteiger partial charge in [-0.2, -0.15) is 0 Å². The van der Waals surface area contributed by atoms with Gasteiger partial charge in [0.1, 0.15) is 5.76 Å². The lowest BCUT2D eigenvalue weighted by Gasteiger charge is -2.12. The van der Waals surface area contributed by atoms with E-state index in [1.807, 2.05) is 30.3 Å². The van der Waals surface area contributed by atoms with E-state index in [1.54, 1.807) is 6.26 Å². The second-order valence-electron chi connectivity index (χ2n) is 5.19. The SMILES string of the molecule is FCCCN=C(NCCc1ccccc1)NCCc1ccco1. The molecule has 0 aliphatic rings. The Morgan fingerprint density at radius 3 is 2.48 bits per heavy atom. The molecule has 124 valence electrons. The molecule has 0 aliphatic carbocycles. The maximum Gasteiger partial charge on any atom is 0.191 e. The maximum absolute atomic E-state index is 12.2. The molecule has 0 saturated carbocycles. The maximum atomic E-state index is 12.2. The Hall–Kier alpha value is -2.30. The fraction of sp³-hybridized carbons (Fsp3) is 0.389. The number of alkyl halides is 1. The number of hydrogen-bond acceptors (Lipinski definition) is 2. The summed E-state index contributed by atoms with van der Waals surface area (Å²) in [6.45, 7) is 1.65. The number of nitrogens with zero attached hydrogens (tertiary/aromatic N) is 1. The Balaban J connectivity index is 1.75. The van der Waals surface area contributed by atoms with Crippen LogP contribution in [0.25, 0.3) is 0 Å². The lowest BCUT2D eigenvalue weighted by molar-refractivity contribution is 0.477. The first-order valence-electron chi connectivity index (χ1n) is 8.03. The topological polar surface area (TPSA) is 49.6 Å². The van der Waals surface area contributed by atoms with Crippen LogP contribution >= 0.6 is 0 Å². The van der Waals surface area contributed by atoms with Crippen LogP contribution in [-0.4, -0.2) is 32.3 Å². The summed E-state index contributed by atoms with van der Waals surface area (Å²) < 4.78 is 17.5. The average Bonchev–Trinajstić information content (AvgIpc) is 3.09. The van der Waals surface area contributed by atoms with Gasteiger partial charge in [0.2, 0.25) is 0 Å². The summed E-state index contributed by atoms with van der Waals surface area (Å²) in [4.78, 5) is 4.39. The van der Waals surface area contributed by atoms with Gasteiger partial charge in [-0.05, 0) is 30.5 Å². The predicted octanol–water partition coefficient (Wildman–Crippen LogP) is 2.96. The molecule has 0 amide bonds. The number of guanidine groups is 1. The first-order valence-corrected chi connectivity index (χ1v) is 8.03. The van der Waals surface area contributed by atoms with Crippen molar-refractivity contribution in [3.8, 4) is 0 Å². The van der Waals surface area contributed by atoms with E-state index in [2.05, 4.69) is 27.8 Å². The second kappa shape index (κ2) is 10.4. The third-order valence-electron chi connectivity index (χ3n) is 3.35. The van der Waals surface area contributed by atoms with Crippen LogP contribution in [-0.2, 0) is 12.8 Å². The minimum absolute atomic E-state index is 0.340. The molecule has 1 aromatic heterocycles. The van der Waals surface area contributed by atoms with E-state index in [0.29, 0.717) is 13.0 Å². The summed E-state index contributed by atoms with van der Waals surface area (Å²) in [6, 6.07) is 14.1. The molecule has 1 aromatic carbocycles. The summed E-state index contributed by atoms with van der Waals surface area (Å²) in [5.41, 5.74) is 1.28. The molecule has 0 spiro atoms. The van der Waals surface area contributed by atoms with E-state index < -0.39 is 0 Å². The van der Waals surface area contributed by atoms with Crippen LogP contribution in [0.5, 0.6) is 0 Å². The van der Waals surface area contributed by atoms with E-state index in [0.717, 1.165) is 37.7 Å². The van der Waals surface area contributed by atoms with E-state index in [1.165, 1.54) is 5.56 Å². The molecule has 0 bridgehead atoms. The molecule has 4 nitrogen and oxygen atoms in total. The van der Waals surface area contributed by atoms with Gasteiger partial charge in [0.05, 0.1) is 12.9 Å². The predicted molar refractivity (Wildman–Crippen MR) is 91.5 cm³/mol. The zero-order valence-corrected chi connectivity index (χ0v) is 13.3. The summed E-state index contributed by atoms with van der Waals surface area (Å²) in [6.07, 6.45) is 3.83. The largest absolute Gasteiger partial charge is 0.469 e. The molecule has 2 rings (SSSR count). The molecule has 0 aliphatic heterocycles.